The number of carbonyl (C=O) groups is 1. The van der Waals surface area contributed by atoms with Gasteiger partial charge in [0.15, 0.2) is 0 Å². The van der Waals surface area contributed by atoms with E-state index in [2.05, 4.69) is 16.4 Å². The molecule has 0 saturated heterocycles. The molecule has 6 rings (SSSR count). The number of carbonyl (C=O) groups excluding carboxylic acids is 1. The molecule has 4 aromatic rings. The van der Waals surface area contributed by atoms with Crippen LogP contribution in [-0.2, 0) is 5.41 Å². The fourth-order valence-corrected chi connectivity index (χ4v) is 5.66. The third-order valence-electron chi connectivity index (χ3n) is 7.11. The highest BCUT2D eigenvalue weighted by atomic mass is 19.1. The summed E-state index contributed by atoms with van der Waals surface area (Å²) in [4.78, 5) is 18.9. The van der Waals surface area contributed by atoms with Crippen molar-refractivity contribution < 1.29 is 13.6 Å². The van der Waals surface area contributed by atoms with Gasteiger partial charge in [0, 0.05) is 40.3 Å². The number of H-pyrrole nitrogens is 1. The molecule has 0 bridgehead atoms. The van der Waals surface area contributed by atoms with Gasteiger partial charge >= 0.3 is 6.03 Å². The Morgan fingerprint density at radius 2 is 1.68 bits per heavy atom. The minimum atomic E-state index is -0.658. The lowest BCUT2D eigenvalue weighted by atomic mass is 9.83. The molecule has 2 amide bonds. The number of aryl methyl sites for hydroxylation is 2. The zero-order valence-corrected chi connectivity index (χ0v) is 19.1. The number of nitrogens with one attached hydrogen (secondary N) is 2. The average Bonchev–Trinajstić information content (AvgIpc) is 3.41. The van der Waals surface area contributed by atoms with E-state index in [1.807, 2.05) is 50.2 Å². The zero-order chi connectivity index (χ0) is 23.6. The number of fused-ring (bicyclic) bond motifs is 4. The highest BCUT2D eigenvalue weighted by Gasteiger charge is 2.54. The second kappa shape index (κ2) is 7.42. The summed E-state index contributed by atoms with van der Waals surface area (Å²) >= 11 is 0. The number of rotatable bonds is 2. The Hall–Kier alpha value is -3.67. The predicted molar refractivity (Wildman–Crippen MR) is 129 cm³/mol. The van der Waals surface area contributed by atoms with Gasteiger partial charge in [0.2, 0.25) is 0 Å². The molecule has 0 radical (unpaired) electrons. The fraction of sp³-hybridized carbons (Fsp3) is 0.250. The Morgan fingerprint density at radius 1 is 1.00 bits per heavy atom. The van der Waals surface area contributed by atoms with Crippen LogP contribution in [0.4, 0.5) is 19.3 Å². The summed E-state index contributed by atoms with van der Waals surface area (Å²) in [7, 11) is 0. The molecule has 1 spiro atoms. The van der Waals surface area contributed by atoms with Gasteiger partial charge in [-0.1, -0.05) is 24.3 Å². The molecule has 1 aliphatic carbocycles. The minimum absolute atomic E-state index is 0.142. The molecule has 1 fully saturated rings. The van der Waals surface area contributed by atoms with Crippen LogP contribution >= 0.6 is 0 Å². The zero-order valence-electron chi connectivity index (χ0n) is 19.1. The van der Waals surface area contributed by atoms with E-state index in [4.69, 9.17) is 0 Å². The third kappa shape index (κ3) is 3.36. The number of aromatic nitrogens is 1. The number of amides is 2. The standard InChI is InChI=1S/C28H25F2N3O/c1-16-9-17(2)11-21(10-16)31-27(34)33-15-28(7-8-28)24-22-5-3-4-6-23(22)32-25(24)26(33)18-12-19(29)14-20(30)13-18/h3-6,9-14,26,32H,7-8,15H2,1-2H3,(H,31,34). The van der Waals surface area contributed by atoms with Crippen LogP contribution in [0.1, 0.15) is 46.8 Å². The summed E-state index contributed by atoms with van der Waals surface area (Å²) in [5.41, 5.74) is 6.06. The minimum Gasteiger partial charge on any atom is -0.356 e. The van der Waals surface area contributed by atoms with Crippen LogP contribution in [0.5, 0.6) is 0 Å². The number of anilines is 1. The fourth-order valence-electron chi connectivity index (χ4n) is 5.66. The van der Waals surface area contributed by atoms with Gasteiger partial charge in [-0.3, -0.25) is 0 Å². The van der Waals surface area contributed by atoms with Crippen molar-refractivity contribution in [2.75, 3.05) is 11.9 Å². The molecule has 1 atom stereocenters. The highest BCUT2D eigenvalue weighted by molar-refractivity contribution is 5.92. The van der Waals surface area contributed by atoms with E-state index in [9.17, 15) is 13.6 Å². The van der Waals surface area contributed by atoms with Gasteiger partial charge in [-0.15, -0.1) is 0 Å². The van der Waals surface area contributed by atoms with E-state index in [0.29, 0.717) is 17.8 Å². The molecule has 1 aromatic heterocycles. The monoisotopic (exact) mass is 457 g/mol. The summed E-state index contributed by atoms with van der Waals surface area (Å²) in [6, 6.07) is 16.5. The summed E-state index contributed by atoms with van der Waals surface area (Å²) in [5, 5.41) is 4.15. The van der Waals surface area contributed by atoms with Crippen LogP contribution in [0.15, 0.2) is 60.7 Å². The van der Waals surface area contributed by atoms with Gasteiger partial charge in [-0.25, -0.2) is 13.6 Å². The van der Waals surface area contributed by atoms with Crippen LogP contribution in [-0.4, -0.2) is 22.5 Å². The number of benzene rings is 3. The van der Waals surface area contributed by atoms with Gasteiger partial charge < -0.3 is 15.2 Å². The normalized spacial score (nSPS) is 18.2. The first-order valence-corrected chi connectivity index (χ1v) is 11.6. The lowest BCUT2D eigenvalue weighted by Crippen LogP contribution is -2.47. The Morgan fingerprint density at radius 3 is 2.35 bits per heavy atom. The predicted octanol–water partition coefficient (Wildman–Crippen LogP) is 6.73. The van der Waals surface area contributed by atoms with Gasteiger partial charge in [0.05, 0.1) is 6.04 Å². The van der Waals surface area contributed by atoms with Crippen molar-refractivity contribution in [3.63, 3.8) is 0 Å². The van der Waals surface area contributed by atoms with E-state index in [1.165, 1.54) is 17.7 Å². The van der Waals surface area contributed by atoms with E-state index >= 15 is 0 Å². The summed E-state index contributed by atoms with van der Waals surface area (Å²) < 4.78 is 28.6. The molecule has 1 aliphatic heterocycles. The SMILES string of the molecule is Cc1cc(C)cc(NC(=O)N2CC3(CC3)c3c([nH]c4ccccc34)C2c2cc(F)cc(F)c2)c1. The first-order valence-electron chi connectivity index (χ1n) is 11.6. The summed E-state index contributed by atoms with van der Waals surface area (Å²) in [6.45, 7) is 4.46. The van der Waals surface area contributed by atoms with Crippen molar-refractivity contribution in [3.05, 3.63) is 100 Å². The maximum Gasteiger partial charge on any atom is 0.322 e. The maximum absolute atomic E-state index is 14.3. The second-order valence-corrected chi connectivity index (χ2v) is 9.78. The van der Waals surface area contributed by atoms with Crippen molar-refractivity contribution in [1.29, 1.82) is 0 Å². The molecular formula is C28H25F2N3O. The Bertz CT molecular complexity index is 1410. The molecule has 6 heteroatoms. The largest absolute Gasteiger partial charge is 0.356 e. The van der Waals surface area contributed by atoms with E-state index in [0.717, 1.165) is 46.6 Å². The molecule has 1 saturated carbocycles. The van der Waals surface area contributed by atoms with Crippen LogP contribution < -0.4 is 5.32 Å². The lowest BCUT2D eigenvalue weighted by molar-refractivity contribution is 0.181. The lowest BCUT2D eigenvalue weighted by Gasteiger charge is -2.40. The molecule has 4 nitrogen and oxygen atoms in total. The molecule has 34 heavy (non-hydrogen) atoms. The van der Waals surface area contributed by atoms with Crippen LogP contribution in [0.25, 0.3) is 10.9 Å². The van der Waals surface area contributed by atoms with Crippen LogP contribution in [0.2, 0.25) is 0 Å². The van der Waals surface area contributed by atoms with Crippen LogP contribution in [0.3, 0.4) is 0 Å². The highest BCUT2D eigenvalue weighted by Crippen LogP contribution is 2.58. The molecule has 172 valence electrons. The number of hydrogen-bond donors (Lipinski definition) is 2. The number of para-hydroxylation sites is 1. The maximum atomic E-state index is 14.3. The van der Waals surface area contributed by atoms with Crippen LogP contribution in [0, 0.1) is 25.5 Å². The number of halogens is 2. The number of aromatic amines is 1. The number of nitrogens with zero attached hydrogens (tertiary/aromatic N) is 1. The van der Waals surface area contributed by atoms with Gasteiger partial charge in [-0.2, -0.15) is 0 Å². The molecule has 2 heterocycles. The molecule has 2 N–H and O–H groups in total. The van der Waals surface area contributed by atoms with E-state index in [-0.39, 0.29) is 11.4 Å². The quantitative estimate of drug-likeness (QED) is 0.344. The van der Waals surface area contributed by atoms with Crippen molar-refractivity contribution in [2.24, 2.45) is 0 Å². The average molecular weight is 458 g/mol. The van der Waals surface area contributed by atoms with E-state index in [1.54, 1.807) is 4.90 Å². The molecule has 2 aliphatic rings. The molecular weight excluding hydrogens is 432 g/mol. The summed E-state index contributed by atoms with van der Waals surface area (Å²) in [6.07, 6.45) is 1.94. The first-order chi connectivity index (χ1) is 16.3. The topological polar surface area (TPSA) is 48.1 Å². The second-order valence-electron chi connectivity index (χ2n) is 9.78. The van der Waals surface area contributed by atoms with Gasteiger partial charge in [0.1, 0.15) is 11.6 Å². The Labute approximate surface area is 196 Å². The Balaban J connectivity index is 1.51. The van der Waals surface area contributed by atoms with E-state index < -0.39 is 17.7 Å². The first kappa shape index (κ1) is 20.9. The molecule has 1 unspecified atom stereocenters. The third-order valence-corrected chi connectivity index (χ3v) is 7.11. The van der Waals surface area contributed by atoms with Crippen molar-refractivity contribution >= 4 is 22.6 Å². The number of urea groups is 1. The van der Waals surface area contributed by atoms with Gasteiger partial charge in [0.25, 0.3) is 0 Å². The van der Waals surface area contributed by atoms with Crippen molar-refractivity contribution in [3.8, 4) is 0 Å². The van der Waals surface area contributed by atoms with Crippen molar-refractivity contribution in [2.45, 2.75) is 38.1 Å². The summed E-state index contributed by atoms with van der Waals surface area (Å²) in [5.74, 6) is -1.32. The van der Waals surface area contributed by atoms with Gasteiger partial charge in [-0.05, 0) is 79.3 Å². The van der Waals surface area contributed by atoms with Crippen molar-refractivity contribution in [1.82, 2.24) is 9.88 Å². The molecule has 3 aromatic carbocycles. The number of hydrogen-bond acceptors (Lipinski definition) is 1. The Kier molecular flexibility index (Phi) is 4.56. The smallest absolute Gasteiger partial charge is 0.322 e.